The summed E-state index contributed by atoms with van der Waals surface area (Å²) in [4.78, 5) is 21.5. The largest absolute Gasteiger partial charge is 0.491 e. The minimum Gasteiger partial charge on any atom is -0.491 e. The molecule has 0 aliphatic heterocycles. The number of benzene rings is 2. The van der Waals surface area contributed by atoms with Crippen molar-refractivity contribution in [2.75, 3.05) is 6.61 Å². The summed E-state index contributed by atoms with van der Waals surface area (Å²) in [5.41, 5.74) is 2.32. The van der Waals surface area contributed by atoms with Crippen molar-refractivity contribution in [3.05, 3.63) is 71.7 Å². The van der Waals surface area contributed by atoms with Crippen LogP contribution in [0.5, 0.6) is 11.6 Å². The summed E-state index contributed by atoms with van der Waals surface area (Å²) in [6, 6.07) is 17.9. The molecular formula is C26H30N2O4. The normalized spacial score (nSPS) is 11.2. The van der Waals surface area contributed by atoms with E-state index in [0.29, 0.717) is 18.9 Å². The van der Waals surface area contributed by atoms with Crippen molar-refractivity contribution >= 4 is 5.97 Å². The highest BCUT2D eigenvalue weighted by Crippen LogP contribution is 2.31. The third-order valence-corrected chi connectivity index (χ3v) is 4.68. The van der Waals surface area contributed by atoms with Gasteiger partial charge in [-0.2, -0.15) is 4.98 Å². The number of carbonyl (C=O) groups excluding carboxylic acids is 1. The fourth-order valence-corrected chi connectivity index (χ4v) is 3.22. The number of hydrogen-bond acceptors (Lipinski definition) is 6. The minimum absolute atomic E-state index is 0.0344. The lowest BCUT2D eigenvalue weighted by Gasteiger charge is -2.20. The Hall–Kier alpha value is -3.41. The highest BCUT2D eigenvalue weighted by molar-refractivity contribution is 5.91. The zero-order valence-electron chi connectivity index (χ0n) is 19.1. The molecule has 0 spiro atoms. The van der Waals surface area contributed by atoms with Crippen LogP contribution in [0.25, 0.3) is 11.1 Å². The van der Waals surface area contributed by atoms with Gasteiger partial charge >= 0.3 is 5.97 Å². The maximum atomic E-state index is 12.9. The van der Waals surface area contributed by atoms with Gasteiger partial charge in [-0.05, 0) is 43.9 Å². The molecule has 0 saturated carbocycles. The molecule has 2 aromatic carbocycles. The molecule has 32 heavy (non-hydrogen) atoms. The van der Waals surface area contributed by atoms with Gasteiger partial charge in [0.15, 0.2) is 5.69 Å². The topological polar surface area (TPSA) is 81.5 Å². The number of esters is 1. The molecule has 0 saturated heterocycles. The summed E-state index contributed by atoms with van der Waals surface area (Å²) in [7, 11) is 0. The third-order valence-electron chi connectivity index (χ3n) is 4.68. The van der Waals surface area contributed by atoms with E-state index in [1.165, 1.54) is 0 Å². The van der Waals surface area contributed by atoms with Crippen LogP contribution in [0.4, 0.5) is 0 Å². The van der Waals surface area contributed by atoms with Crippen LogP contribution in [0.2, 0.25) is 0 Å². The number of nitrogens with zero attached hydrogens (tertiary/aromatic N) is 2. The summed E-state index contributed by atoms with van der Waals surface area (Å²) in [6.45, 7) is 7.71. The molecule has 3 rings (SSSR count). The summed E-state index contributed by atoms with van der Waals surface area (Å²) in [5.74, 6) is -0.731. The van der Waals surface area contributed by atoms with Gasteiger partial charge in [0.05, 0.1) is 6.61 Å². The molecule has 0 fully saturated rings. The van der Waals surface area contributed by atoms with Gasteiger partial charge in [0, 0.05) is 6.42 Å². The van der Waals surface area contributed by atoms with Crippen molar-refractivity contribution in [2.24, 2.45) is 0 Å². The molecule has 0 aliphatic rings. The Balaban J connectivity index is 1.99. The van der Waals surface area contributed by atoms with E-state index in [1.54, 1.807) is 20.8 Å². The maximum absolute atomic E-state index is 12.9. The zero-order chi connectivity index (χ0) is 23.1. The number of hydrogen-bond donors (Lipinski definition) is 1. The number of carbonyl (C=O) groups is 1. The van der Waals surface area contributed by atoms with E-state index in [0.717, 1.165) is 29.5 Å². The first-order valence-electron chi connectivity index (χ1n) is 10.9. The quantitative estimate of drug-likeness (QED) is 0.368. The molecule has 0 bridgehead atoms. The van der Waals surface area contributed by atoms with Gasteiger partial charge in [-0.1, -0.05) is 67.9 Å². The Bertz CT molecular complexity index is 1060. The summed E-state index contributed by atoms with van der Waals surface area (Å²) >= 11 is 0. The van der Waals surface area contributed by atoms with Crippen molar-refractivity contribution in [3.8, 4) is 22.8 Å². The number of aromatic hydroxyl groups is 1. The number of rotatable bonds is 8. The van der Waals surface area contributed by atoms with E-state index in [4.69, 9.17) is 9.47 Å². The fourth-order valence-electron chi connectivity index (χ4n) is 3.22. The first-order valence-corrected chi connectivity index (χ1v) is 10.9. The monoisotopic (exact) mass is 434 g/mol. The molecule has 0 amide bonds. The van der Waals surface area contributed by atoms with Crippen molar-refractivity contribution < 1.29 is 19.4 Å². The van der Waals surface area contributed by atoms with Crippen LogP contribution in [-0.4, -0.2) is 33.3 Å². The Kier molecular flexibility index (Phi) is 7.46. The molecule has 1 N–H and O–H groups in total. The Labute approximate surface area is 189 Å². The Morgan fingerprint density at radius 2 is 1.69 bits per heavy atom. The fraction of sp³-hybridized carbons (Fsp3) is 0.346. The van der Waals surface area contributed by atoms with E-state index >= 15 is 0 Å². The van der Waals surface area contributed by atoms with Crippen LogP contribution in [0.3, 0.4) is 0 Å². The van der Waals surface area contributed by atoms with Crippen LogP contribution in [0.1, 0.15) is 62.4 Å². The van der Waals surface area contributed by atoms with E-state index in [-0.39, 0.29) is 17.3 Å². The molecule has 6 nitrogen and oxygen atoms in total. The van der Waals surface area contributed by atoms with Crippen molar-refractivity contribution in [3.63, 3.8) is 0 Å². The molecule has 3 aromatic rings. The molecule has 0 atom stereocenters. The van der Waals surface area contributed by atoms with Crippen LogP contribution < -0.4 is 4.74 Å². The molecule has 168 valence electrons. The lowest BCUT2D eigenvalue weighted by atomic mass is 9.97. The lowest BCUT2D eigenvalue weighted by molar-refractivity contribution is 0.00570. The summed E-state index contributed by atoms with van der Waals surface area (Å²) in [5, 5.41) is 10.6. The summed E-state index contributed by atoms with van der Waals surface area (Å²) < 4.78 is 11.2. The van der Waals surface area contributed by atoms with E-state index < -0.39 is 11.6 Å². The molecule has 1 aromatic heterocycles. The van der Waals surface area contributed by atoms with Gasteiger partial charge < -0.3 is 14.6 Å². The van der Waals surface area contributed by atoms with Crippen molar-refractivity contribution in [1.82, 2.24) is 9.97 Å². The van der Waals surface area contributed by atoms with Gasteiger partial charge in [0.25, 0.3) is 5.88 Å². The second-order valence-corrected chi connectivity index (χ2v) is 8.55. The Morgan fingerprint density at radius 1 is 1.00 bits per heavy atom. The van der Waals surface area contributed by atoms with Gasteiger partial charge in [-0.15, -0.1) is 0 Å². The molecule has 0 aliphatic carbocycles. The van der Waals surface area contributed by atoms with E-state index in [9.17, 15) is 9.90 Å². The third kappa shape index (κ3) is 6.06. The second kappa shape index (κ2) is 10.3. The van der Waals surface area contributed by atoms with Gasteiger partial charge in [-0.25, -0.2) is 9.78 Å². The van der Waals surface area contributed by atoms with Gasteiger partial charge in [-0.3, -0.25) is 0 Å². The molecule has 0 unspecified atom stereocenters. The van der Waals surface area contributed by atoms with Gasteiger partial charge in [0.1, 0.15) is 11.4 Å². The lowest BCUT2D eigenvalue weighted by Crippen LogP contribution is -2.25. The predicted octanol–water partition coefficient (Wildman–Crippen LogP) is 5.57. The van der Waals surface area contributed by atoms with E-state index in [1.807, 2.05) is 61.5 Å². The maximum Gasteiger partial charge on any atom is 0.361 e. The second-order valence-electron chi connectivity index (χ2n) is 8.55. The highest BCUT2D eigenvalue weighted by Gasteiger charge is 2.27. The minimum atomic E-state index is -0.710. The first-order chi connectivity index (χ1) is 15.3. The van der Waals surface area contributed by atoms with Gasteiger partial charge in [0.2, 0.25) is 5.75 Å². The molecular weight excluding hydrogens is 404 g/mol. The van der Waals surface area contributed by atoms with E-state index in [2.05, 4.69) is 9.97 Å². The average molecular weight is 435 g/mol. The Morgan fingerprint density at radius 3 is 2.38 bits per heavy atom. The molecule has 6 heteroatoms. The summed E-state index contributed by atoms with van der Waals surface area (Å²) in [6.07, 6.45) is 2.03. The van der Waals surface area contributed by atoms with Crippen molar-refractivity contribution in [1.29, 1.82) is 0 Å². The molecule has 0 radical (unpaired) electrons. The molecule has 1 heterocycles. The number of unbranched alkanes of at least 4 members (excludes halogenated alkanes) is 1. The van der Waals surface area contributed by atoms with Crippen LogP contribution in [0.15, 0.2) is 54.6 Å². The highest BCUT2D eigenvalue weighted by atomic mass is 16.6. The first kappa shape index (κ1) is 23.3. The zero-order valence-corrected chi connectivity index (χ0v) is 19.1. The standard InChI is InChI=1S/C26H30N2O4/c1-5-6-16-31-23-22(25(30)32-26(2,3)4)27-21(28-24(23)29)17-19-14-10-11-15-20(19)18-12-8-7-9-13-18/h7-15H,5-6,16-17H2,1-4H3,(H,27,28,29). The van der Waals surface area contributed by atoms with Crippen LogP contribution >= 0.6 is 0 Å². The van der Waals surface area contributed by atoms with Crippen LogP contribution in [0, 0.1) is 0 Å². The van der Waals surface area contributed by atoms with Crippen LogP contribution in [-0.2, 0) is 11.2 Å². The number of ether oxygens (including phenoxy) is 2. The smallest absolute Gasteiger partial charge is 0.361 e. The SMILES string of the molecule is CCCCOc1c(O)nc(Cc2ccccc2-c2ccccc2)nc1C(=O)OC(C)(C)C. The number of aromatic nitrogens is 2. The predicted molar refractivity (Wildman–Crippen MR) is 124 cm³/mol. The van der Waals surface area contributed by atoms with Crippen molar-refractivity contribution in [2.45, 2.75) is 52.6 Å². The average Bonchev–Trinajstić information content (AvgIpc) is 2.75.